The van der Waals surface area contributed by atoms with Crippen LogP contribution < -0.4 is 4.31 Å². The Morgan fingerprint density at radius 1 is 1.05 bits per heavy atom. The van der Waals surface area contributed by atoms with Crippen LogP contribution in [0.5, 0.6) is 0 Å². The van der Waals surface area contributed by atoms with Crippen LogP contribution in [-0.4, -0.2) is 20.7 Å². The van der Waals surface area contributed by atoms with Crippen molar-refractivity contribution >= 4 is 15.7 Å². The Hall–Kier alpha value is -1.81. The van der Waals surface area contributed by atoms with E-state index in [1.54, 1.807) is 4.31 Å². The monoisotopic (exact) mass is 301 g/mol. The van der Waals surface area contributed by atoms with Gasteiger partial charge in [-0.05, 0) is 23.6 Å². The van der Waals surface area contributed by atoms with E-state index in [0.29, 0.717) is 13.0 Å². The van der Waals surface area contributed by atoms with E-state index in [-0.39, 0.29) is 11.7 Å². The van der Waals surface area contributed by atoms with Gasteiger partial charge in [-0.3, -0.25) is 4.31 Å². The number of aryl methyl sites for hydroxylation is 1. The van der Waals surface area contributed by atoms with Gasteiger partial charge in [0.25, 0.3) is 0 Å². The summed E-state index contributed by atoms with van der Waals surface area (Å²) < 4.78 is 26.9. The first-order chi connectivity index (χ1) is 10.1. The highest BCUT2D eigenvalue weighted by Crippen LogP contribution is 2.37. The summed E-state index contributed by atoms with van der Waals surface area (Å²) in [6, 6.07) is 17.5. The maximum absolute atomic E-state index is 12.6. The van der Waals surface area contributed by atoms with Gasteiger partial charge in [0, 0.05) is 12.5 Å². The van der Waals surface area contributed by atoms with Gasteiger partial charge in [0.2, 0.25) is 10.0 Å². The molecule has 3 nitrogen and oxygen atoms in total. The molecular weight excluding hydrogens is 282 g/mol. The number of fused-ring (bicyclic) bond motifs is 1. The lowest BCUT2D eigenvalue weighted by atomic mass is 10.0. The van der Waals surface area contributed by atoms with E-state index in [0.717, 1.165) is 16.8 Å². The topological polar surface area (TPSA) is 37.4 Å². The van der Waals surface area contributed by atoms with Crippen LogP contribution in [0.4, 0.5) is 5.69 Å². The Bertz CT molecular complexity index is 725. The number of benzene rings is 2. The Balaban J connectivity index is 1.80. The normalized spacial score (nSPS) is 17.8. The molecule has 0 radical (unpaired) electrons. The molecule has 0 bridgehead atoms. The molecule has 0 saturated carbocycles. The van der Waals surface area contributed by atoms with E-state index in [2.05, 4.69) is 6.92 Å². The molecule has 0 amide bonds. The third kappa shape index (κ3) is 2.81. The van der Waals surface area contributed by atoms with Crippen LogP contribution in [0.3, 0.4) is 0 Å². The molecule has 1 heterocycles. The standard InChI is InChI=1S/C17H19NO2S/c1-14-13-18(17-10-6-5-9-16(14)17)21(19,20)12-11-15-7-3-2-4-8-15/h2-10,14H,11-13H2,1H3. The molecular formula is C17H19NO2S. The summed E-state index contributed by atoms with van der Waals surface area (Å²) in [5.74, 6) is 0.408. The number of sulfonamides is 1. The third-order valence-corrected chi connectivity index (χ3v) is 5.74. The molecule has 3 rings (SSSR count). The fraction of sp³-hybridized carbons (Fsp3) is 0.294. The Morgan fingerprint density at radius 3 is 2.48 bits per heavy atom. The average molecular weight is 301 g/mol. The molecule has 21 heavy (non-hydrogen) atoms. The second kappa shape index (κ2) is 5.53. The Labute approximate surface area is 126 Å². The summed E-state index contributed by atoms with van der Waals surface area (Å²) >= 11 is 0. The smallest absolute Gasteiger partial charge is 0.235 e. The van der Waals surface area contributed by atoms with Crippen LogP contribution in [0.1, 0.15) is 24.0 Å². The molecule has 110 valence electrons. The van der Waals surface area contributed by atoms with Crippen LogP contribution in [0.15, 0.2) is 54.6 Å². The van der Waals surface area contributed by atoms with Crippen LogP contribution in [0, 0.1) is 0 Å². The minimum absolute atomic E-state index is 0.151. The number of para-hydroxylation sites is 1. The maximum Gasteiger partial charge on any atom is 0.235 e. The highest BCUT2D eigenvalue weighted by molar-refractivity contribution is 7.92. The SMILES string of the molecule is CC1CN(S(=O)(=O)CCc2ccccc2)c2ccccc21. The van der Waals surface area contributed by atoms with E-state index in [9.17, 15) is 8.42 Å². The molecule has 0 aliphatic carbocycles. The largest absolute Gasteiger partial charge is 0.269 e. The lowest BCUT2D eigenvalue weighted by molar-refractivity contribution is 0.589. The van der Waals surface area contributed by atoms with Gasteiger partial charge in [-0.25, -0.2) is 8.42 Å². The van der Waals surface area contributed by atoms with Gasteiger partial charge < -0.3 is 0 Å². The fourth-order valence-electron chi connectivity index (χ4n) is 2.84. The fourth-order valence-corrected chi connectivity index (χ4v) is 4.47. The highest BCUT2D eigenvalue weighted by atomic mass is 32.2. The van der Waals surface area contributed by atoms with Gasteiger partial charge in [-0.1, -0.05) is 55.5 Å². The van der Waals surface area contributed by atoms with Crippen molar-refractivity contribution < 1.29 is 8.42 Å². The molecule has 0 aromatic heterocycles. The van der Waals surface area contributed by atoms with Gasteiger partial charge in [-0.2, -0.15) is 0 Å². The lowest BCUT2D eigenvalue weighted by Gasteiger charge is -2.19. The molecule has 0 fully saturated rings. The zero-order chi connectivity index (χ0) is 14.9. The van der Waals surface area contributed by atoms with Gasteiger partial charge in [0.1, 0.15) is 0 Å². The summed E-state index contributed by atoms with van der Waals surface area (Å²) in [6.45, 7) is 2.63. The zero-order valence-electron chi connectivity index (χ0n) is 12.1. The van der Waals surface area contributed by atoms with E-state index in [1.807, 2.05) is 54.6 Å². The van der Waals surface area contributed by atoms with Crippen LogP contribution in [-0.2, 0) is 16.4 Å². The van der Waals surface area contributed by atoms with Crippen molar-refractivity contribution in [2.45, 2.75) is 19.3 Å². The quantitative estimate of drug-likeness (QED) is 0.870. The van der Waals surface area contributed by atoms with Gasteiger partial charge in [-0.15, -0.1) is 0 Å². The Kier molecular flexibility index (Phi) is 3.72. The summed E-state index contributed by atoms with van der Waals surface area (Å²) in [5.41, 5.74) is 3.03. The minimum Gasteiger partial charge on any atom is -0.269 e. The first kappa shape index (κ1) is 14.1. The molecule has 0 spiro atoms. The summed E-state index contributed by atoms with van der Waals surface area (Å²) in [5, 5.41) is 0. The van der Waals surface area contributed by atoms with Crippen LogP contribution in [0.25, 0.3) is 0 Å². The van der Waals surface area contributed by atoms with Gasteiger partial charge in [0.05, 0.1) is 11.4 Å². The van der Waals surface area contributed by atoms with Gasteiger partial charge >= 0.3 is 0 Å². The molecule has 0 N–H and O–H groups in total. The molecule has 2 aromatic rings. The molecule has 1 atom stereocenters. The number of nitrogens with zero attached hydrogens (tertiary/aromatic N) is 1. The van der Waals surface area contributed by atoms with Crippen molar-refractivity contribution in [3.8, 4) is 0 Å². The van der Waals surface area contributed by atoms with Crippen molar-refractivity contribution in [2.24, 2.45) is 0 Å². The van der Waals surface area contributed by atoms with Crippen molar-refractivity contribution in [3.63, 3.8) is 0 Å². The van der Waals surface area contributed by atoms with Crippen molar-refractivity contribution in [1.29, 1.82) is 0 Å². The molecule has 1 aliphatic heterocycles. The first-order valence-corrected chi connectivity index (χ1v) is 8.82. The maximum atomic E-state index is 12.6. The number of hydrogen-bond acceptors (Lipinski definition) is 2. The minimum atomic E-state index is -3.27. The second-order valence-corrected chi connectivity index (χ2v) is 7.56. The molecule has 4 heteroatoms. The predicted octanol–water partition coefficient (Wildman–Crippen LogP) is 3.18. The van der Waals surface area contributed by atoms with Crippen LogP contribution in [0.2, 0.25) is 0 Å². The summed E-state index contributed by atoms with van der Waals surface area (Å²) in [7, 11) is -3.27. The van der Waals surface area contributed by atoms with E-state index in [1.165, 1.54) is 0 Å². The van der Waals surface area contributed by atoms with Gasteiger partial charge in [0.15, 0.2) is 0 Å². The predicted molar refractivity (Wildman–Crippen MR) is 86.1 cm³/mol. The van der Waals surface area contributed by atoms with Crippen molar-refractivity contribution in [1.82, 2.24) is 0 Å². The molecule has 1 aliphatic rings. The molecule has 0 saturated heterocycles. The molecule has 2 aromatic carbocycles. The van der Waals surface area contributed by atoms with E-state index in [4.69, 9.17) is 0 Å². The highest BCUT2D eigenvalue weighted by Gasteiger charge is 2.32. The number of rotatable bonds is 4. The summed E-state index contributed by atoms with van der Waals surface area (Å²) in [6.07, 6.45) is 0.552. The third-order valence-electron chi connectivity index (χ3n) is 4.00. The zero-order valence-corrected chi connectivity index (χ0v) is 12.9. The number of anilines is 1. The molecule has 1 unspecified atom stereocenters. The van der Waals surface area contributed by atoms with E-state index >= 15 is 0 Å². The summed E-state index contributed by atoms with van der Waals surface area (Å²) in [4.78, 5) is 0. The first-order valence-electron chi connectivity index (χ1n) is 7.21. The van der Waals surface area contributed by atoms with Crippen molar-refractivity contribution in [3.05, 3.63) is 65.7 Å². The lowest BCUT2D eigenvalue weighted by Crippen LogP contribution is -2.32. The van der Waals surface area contributed by atoms with E-state index < -0.39 is 10.0 Å². The Morgan fingerprint density at radius 2 is 1.71 bits per heavy atom. The average Bonchev–Trinajstić information content (AvgIpc) is 2.85. The van der Waals surface area contributed by atoms with Crippen LogP contribution >= 0.6 is 0 Å². The van der Waals surface area contributed by atoms with Crippen molar-refractivity contribution in [2.75, 3.05) is 16.6 Å². The number of hydrogen-bond donors (Lipinski definition) is 0. The second-order valence-electron chi connectivity index (χ2n) is 5.54.